The number of morpholine rings is 1. The van der Waals surface area contributed by atoms with Gasteiger partial charge in [-0.05, 0) is 40.0 Å². The smallest absolute Gasteiger partial charge is 0.0707 e. The molecule has 3 unspecified atom stereocenters. The summed E-state index contributed by atoms with van der Waals surface area (Å²) in [6, 6.07) is 0.668. The van der Waals surface area contributed by atoms with Gasteiger partial charge in [0.25, 0.3) is 0 Å². The first-order valence-corrected chi connectivity index (χ1v) is 7.12. The first-order chi connectivity index (χ1) is 7.98. The third-order valence-electron chi connectivity index (χ3n) is 3.93. The molecule has 0 spiro atoms. The Morgan fingerprint density at radius 3 is 2.29 bits per heavy atom. The highest BCUT2D eigenvalue weighted by Crippen LogP contribution is 2.27. The predicted octanol–water partition coefficient (Wildman–Crippen LogP) is 2.02. The van der Waals surface area contributed by atoms with Crippen molar-refractivity contribution in [3.63, 3.8) is 0 Å². The molecule has 3 heteroatoms. The molecule has 2 saturated heterocycles. The first-order valence-electron chi connectivity index (χ1n) is 7.12. The summed E-state index contributed by atoms with van der Waals surface area (Å²) in [5.41, 5.74) is 0.221. The van der Waals surface area contributed by atoms with Gasteiger partial charge in [0.05, 0.1) is 12.2 Å². The molecule has 17 heavy (non-hydrogen) atoms. The van der Waals surface area contributed by atoms with Crippen LogP contribution >= 0.6 is 0 Å². The second kappa shape index (κ2) is 5.25. The van der Waals surface area contributed by atoms with Crippen LogP contribution in [0, 0.1) is 0 Å². The van der Waals surface area contributed by atoms with Crippen molar-refractivity contribution in [2.45, 2.75) is 70.7 Å². The molecule has 2 heterocycles. The standard InChI is InChI=1S/C14H28N2O/c1-5-11(8-15-14(2,3)4)16-9-12-6-7-13(10-16)17-12/h11-13,15H,5-10H2,1-4H3. The summed E-state index contributed by atoms with van der Waals surface area (Å²) in [5, 5.41) is 3.64. The Morgan fingerprint density at radius 1 is 1.24 bits per heavy atom. The van der Waals surface area contributed by atoms with Crippen LogP contribution in [0.1, 0.15) is 47.0 Å². The van der Waals surface area contributed by atoms with E-state index in [1.807, 2.05) is 0 Å². The highest BCUT2D eigenvalue weighted by atomic mass is 16.5. The van der Waals surface area contributed by atoms with Crippen LogP contribution in [-0.4, -0.2) is 48.3 Å². The third-order valence-corrected chi connectivity index (χ3v) is 3.93. The van der Waals surface area contributed by atoms with Crippen molar-refractivity contribution in [1.82, 2.24) is 10.2 Å². The van der Waals surface area contributed by atoms with Crippen LogP contribution in [0.2, 0.25) is 0 Å². The van der Waals surface area contributed by atoms with Gasteiger partial charge in [0.1, 0.15) is 0 Å². The van der Waals surface area contributed by atoms with E-state index >= 15 is 0 Å². The molecule has 3 nitrogen and oxygen atoms in total. The first kappa shape index (κ1) is 13.3. The molecule has 2 rings (SSSR count). The van der Waals surface area contributed by atoms with Crippen LogP contribution in [0.25, 0.3) is 0 Å². The van der Waals surface area contributed by atoms with Crippen molar-refractivity contribution in [3.8, 4) is 0 Å². The second-order valence-corrected chi connectivity index (χ2v) is 6.60. The van der Waals surface area contributed by atoms with E-state index in [0.717, 1.165) is 19.6 Å². The fourth-order valence-electron chi connectivity index (χ4n) is 2.90. The zero-order valence-electron chi connectivity index (χ0n) is 11.8. The lowest BCUT2D eigenvalue weighted by Gasteiger charge is -2.39. The summed E-state index contributed by atoms with van der Waals surface area (Å²) >= 11 is 0. The lowest BCUT2D eigenvalue weighted by atomic mass is 10.1. The maximum absolute atomic E-state index is 5.91. The highest BCUT2D eigenvalue weighted by molar-refractivity contribution is 4.89. The largest absolute Gasteiger partial charge is 0.372 e. The number of ether oxygens (including phenoxy) is 1. The summed E-state index contributed by atoms with van der Waals surface area (Å²) in [6.45, 7) is 12.4. The summed E-state index contributed by atoms with van der Waals surface area (Å²) in [6.07, 6.45) is 4.78. The second-order valence-electron chi connectivity index (χ2n) is 6.60. The normalized spacial score (nSPS) is 31.8. The Hall–Kier alpha value is -0.120. The molecule has 2 fully saturated rings. The number of nitrogens with one attached hydrogen (secondary N) is 1. The number of rotatable bonds is 4. The van der Waals surface area contributed by atoms with Crippen molar-refractivity contribution < 1.29 is 4.74 Å². The Labute approximate surface area is 106 Å². The van der Waals surface area contributed by atoms with Gasteiger partial charge in [0.2, 0.25) is 0 Å². The number of nitrogens with zero attached hydrogens (tertiary/aromatic N) is 1. The minimum Gasteiger partial charge on any atom is -0.372 e. The fraction of sp³-hybridized carbons (Fsp3) is 1.00. The molecule has 1 N–H and O–H groups in total. The molecule has 0 saturated carbocycles. The lowest BCUT2D eigenvalue weighted by molar-refractivity contribution is -0.0534. The molecule has 0 amide bonds. The van der Waals surface area contributed by atoms with Crippen LogP contribution in [0.5, 0.6) is 0 Å². The summed E-state index contributed by atoms with van der Waals surface area (Å²) in [7, 11) is 0. The van der Waals surface area contributed by atoms with Gasteiger partial charge >= 0.3 is 0 Å². The van der Waals surface area contributed by atoms with E-state index in [4.69, 9.17) is 4.74 Å². The van der Waals surface area contributed by atoms with Crippen molar-refractivity contribution in [2.24, 2.45) is 0 Å². The Balaban J connectivity index is 1.85. The molecule has 0 aromatic carbocycles. The molecule has 2 aliphatic rings. The van der Waals surface area contributed by atoms with Crippen LogP contribution in [0.3, 0.4) is 0 Å². The van der Waals surface area contributed by atoms with Crippen LogP contribution < -0.4 is 5.32 Å². The monoisotopic (exact) mass is 240 g/mol. The average molecular weight is 240 g/mol. The lowest BCUT2D eigenvalue weighted by Crippen LogP contribution is -2.53. The Kier molecular flexibility index (Phi) is 4.11. The van der Waals surface area contributed by atoms with Crippen LogP contribution in [0.4, 0.5) is 0 Å². The van der Waals surface area contributed by atoms with E-state index in [0.29, 0.717) is 18.2 Å². The summed E-state index contributed by atoms with van der Waals surface area (Å²) in [4.78, 5) is 2.64. The summed E-state index contributed by atoms with van der Waals surface area (Å²) < 4.78 is 5.91. The molecular formula is C14H28N2O. The number of hydrogen-bond acceptors (Lipinski definition) is 3. The minimum atomic E-state index is 0.221. The quantitative estimate of drug-likeness (QED) is 0.813. The minimum absolute atomic E-state index is 0.221. The van der Waals surface area contributed by atoms with Crippen LogP contribution in [-0.2, 0) is 4.74 Å². The van der Waals surface area contributed by atoms with Gasteiger partial charge < -0.3 is 10.1 Å². The Bertz CT molecular complexity index is 237. The topological polar surface area (TPSA) is 24.5 Å². The highest BCUT2D eigenvalue weighted by Gasteiger charge is 2.36. The van der Waals surface area contributed by atoms with E-state index in [9.17, 15) is 0 Å². The fourth-order valence-corrected chi connectivity index (χ4v) is 2.90. The number of hydrogen-bond donors (Lipinski definition) is 1. The van der Waals surface area contributed by atoms with Gasteiger partial charge in [-0.1, -0.05) is 6.92 Å². The van der Waals surface area contributed by atoms with E-state index in [1.54, 1.807) is 0 Å². The van der Waals surface area contributed by atoms with Gasteiger partial charge in [0, 0.05) is 31.2 Å². The van der Waals surface area contributed by atoms with Gasteiger partial charge in [-0.3, -0.25) is 4.90 Å². The molecule has 3 atom stereocenters. The van der Waals surface area contributed by atoms with E-state index in [1.165, 1.54) is 19.3 Å². The van der Waals surface area contributed by atoms with Gasteiger partial charge in [-0.2, -0.15) is 0 Å². The maximum atomic E-state index is 5.91. The predicted molar refractivity (Wildman–Crippen MR) is 71.3 cm³/mol. The SMILES string of the molecule is CCC(CNC(C)(C)C)N1CC2CCC(C1)O2. The number of likely N-dealkylation sites (tertiary alicyclic amines) is 1. The molecular weight excluding hydrogens is 212 g/mol. The molecule has 2 aliphatic heterocycles. The van der Waals surface area contributed by atoms with Gasteiger partial charge in [-0.25, -0.2) is 0 Å². The maximum Gasteiger partial charge on any atom is 0.0707 e. The zero-order valence-corrected chi connectivity index (χ0v) is 11.8. The van der Waals surface area contributed by atoms with E-state index in [-0.39, 0.29) is 5.54 Å². The molecule has 2 bridgehead atoms. The van der Waals surface area contributed by atoms with Crippen molar-refractivity contribution in [3.05, 3.63) is 0 Å². The van der Waals surface area contributed by atoms with Gasteiger partial charge in [-0.15, -0.1) is 0 Å². The van der Waals surface area contributed by atoms with E-state index in [2.05, 4.69) is 37.9 Å². The average Bonchev–Trinajstić information content (AvgIpc) is 2.57. The van der Waals surface area contributed by atoms with E-state index < -0.39 is 0 Å². The molecule has 100 valence electrons. The zero-order chi connectivity index (χ0) is 12.5. The molecule has 0 aliphatic carbocycles. The summed E-state index contributed by atoms with van der Waals surface area (Å²) in [5.74, 6) is 0. The molecule has 0 aromatic rings. The Morgan fingerprint density at radius 2 is 1.82 bits per heavy atom. The van der Waals surface area contributed by atoms with Gasteiger partial charge in [0.15, 0.2) is 0 Å². The third kappa shape index (κ3) is 3.67. The van der Waals surface area contributed by atoms with Crippen molar-refractivity contribution in [1.29, 1.82) is 0 Å². The van der Waals surface area contributed by atoms with Crippen molar-refractivity contribution >= 4 is 0 Å². The van der Waals surface area contributed by atoms with Crippen LogP contribution in [0.15, 0.2) is 0 Å². The molecule has 0 radical (unpaired) electrons. The number of fused-ring (bicyclic) bond motifs is 2. The van der Waals surface area contributed by atoms with Crippen molar-refractivity contribution in [2.75, 3.05) is 19.6 Å². The molecule has 0 aromatic heterocycles.